The Morgan fingerprint density at radius 2 is 2.54 bits per heavy atom. The zero-order valence-corrected chi connectivity index (χ0v) is 6.24. The Morgan fingerprint density at radius 1 is 1.69 bits per heavy atom. The minimum Gasteiger partial charge on any atom is -0.328 e. The molecule has 68 valence electrons. The molecule has 6 heteroatoms. The highest BCUT2D eigenvalue weighted by molar-refractivity contribution is 5.68. The molecule has 0 saturated carbocycles. The van der Waals surface area contributed by atoms with Crippen molar-refractivity contribution in [2.24, 2.45) is 14.0 Å². The molecule has 0 atom stereocenters. The van der Waals surface area contributed by atoms with E-state index >= 15 is 0 Å². The molecule has 0 aliphatic heterocycles. The Morgan fingerprint density at radius 3 is 3.23 bits per heavy atom. The zero-order valence-electron chi connectivity index (χ0n) is 12.2. The van der Waals surface area contributed by atoms with Gasteiger partial charge in [-0.3, -0.25) is 14.3 Å². The van der Waals surface area contributed by atoms with Crippen LogP contribution in [0, 0.1) is 0 Å². The van der Waals surface area contributed by atoms with Crippen LogP contribution in [0.25, 0.3) is 11.2 Å². The van der Waals surface area contributed by atoms with E-state index in [1.807, 2.05) is 0 Å². The summed E-state index contributed by atoms with van der Waals surface area (Å²) in [6.07, 6.45) is -0.582. The minimum atomic E-state index is -3.00. The van der Waals surface area contributed by atoms with Gasteiger partial charge in [0.2, 0.25) is 0 Å². The van der Waals surface area contributed by atoms with Gasteiger partial charge in [-0.05, 0) is 0 Å². The molecule has 0 spiro atoms. The normalized spacial score (nSPS) is 18.8. The lowest BCUT2D eigenvalue weighted by Gasteiger charge is -1.96. The van der Waals surface area contributed by atoms with Gasteiger partial charge in [-0.15, -0.1) is 0 Å². The highest BCUT2D eigenvalue weighted by Crippen LogP contribution is 1.98. The first kappa shape index (κ1) is 3.49. The second-order valence-corrected chi connectivity index (χ2v) is 2.35. The second-order valence-electron chi connectivity index (χ2n) is 2.35. The van der Waals surface area contributed by atoms with E-state index in [-0.39, 0.29) is 10.2 Å². The van der Waals surface area contributed by atoms with Crippen molar-refractivity contribution in [2.45, 2.75) is 0 Å². The fraction of sp³-hybridized carbons (Fsp3) is 0.286. The highest BCUT2D eigenvalue weighted by atomic mass is 16.2. The van der Waals surface area contributed by atoms with E-state index in [9.17, 15) is 9.59 Å². The first-order valence-electron chi connectivity index (χ1n) is 6.39. The van der Waals surface area contributed by atoms with Crippen LogP contribution in [0.2, 0.25) is 0 Å². The Labute approximate surface area is 80.9 Å². The van der Waals surface area contributed by atoms with Gasteiger partial charge in [0.25, 0.3) is 5.56 Å². The summed E-state index contributed by atoms with van der Waals surface area (Å²) in [6.45, 7) is -4.77. The van der Waals surface area contributed by atoms with Gasteiger partial charge in [-0.25, -0.2) is 9.78 Å². The number of nitrogens with one attached hydrogen (secondary N) is 1. The average Bonchev–Trinajstić information content (AvgIpc) is 2.51. The maximum atomic E-state index is 12.0. The van der Waals surface area contributed by atoms with E-state index in [2.05, 4.69) is 9.97 Å². The zero-order chi connectivity index (χ0) is 14.5. The molecule has 0 aromatic carbocycles. The van der Waals surface area contributed by atoms with Gasteiger partial charge in [-0.1, -0.05) is 0 Å². The number of nitrogens with zero attached hydrogens (tertiary/aromatic N) is 3. The summed E-state index contributed by atoms with van der Waals surface area (Å²) in [5.41, 5.74) is -3.18. The van der Waals surface area contributed by atoms with Gasteiger partial charge < -0.3 is 4.57 Å². The quantitative estimate of drug-likeness (QED) is 0.571. The van der Waals surface area contributed by atoms with Crippen LogP contribution in [0.4, 0.5) is 0 Å². The number of fused-ring (bicyclic) bond motifs is 1. The molecule has 0 bridgehead atoms. The Hall–Kier alpha value is -1.85. The Bertz CT molecular complexity index is 754. The standard InChI is InChI=1S/C7H8N4O2/c1-10-3-8-5-4(10)6(12)11(2)7(13)9-5/h3H,1-2H3,(H,9,13)/i1D2,2D3,3D. The Balaban J connectivity index is 3.02. The third-order valence-corrected chi connectivity index (χ3v) is 1.57. The van der Waals surface area contributed by atoms with Crippen molar-refractivity contribution in [1.82, 2.24) is 19.1 Å². The number of aryl methyl sites for hydroxylation is 1. The van der Waals surface area contributed by atoms with E-state index in [0.29, 0.717) is 4.57 Å². The van der Waals surface area contributed by atoms with Crippen molar-refractivity contribution in [3.63, 3.8) is 0 Å². The molecule has 2 aromatic heterocycles. The fourth-order valence-electron chi connectivity index (χ4n) is 0.968. The molecule has 1 N–H and O–H groups in total. The van der Waals surface area contributed by atoms with Crippen LogP contribution in [0.15, 0.2) is 15.9 Å². The molecule has 2 aromatic rings. The molecule has 0 amide bonds. The predicted molar refractivity (Wildman–Crippen MR) is 46.6 cm³/mol. The molecule has 0 unspecified atom stereocenters. The summed E-state index contributed by atoms with van der Waals surface area (Å²) < 4.78 is 43.8. The van der Waals surface area contributed by atoms with Crippen LogP contribution in [-0.2, 0) is 14.0 Å². The van der Waals surface area contributed by atoms with Crippen molar-refractivity contribution >= 4 is 11.2 Å². The van der Waals surface area contributed by atoms with Crippen LogP contribution >= 0.6 is 0 Å². The molecule has 2 rings (SSSR count). The molecular formula is C7H8N4O2. The second kappa shape index (κ2) is 2.32. The van der Waals surface area contributed by atoms with Crippen molar-refractivity contribution < 1.29 is 8.22 Å². The molecule has 0 radical (unpaired) electrons. The predicted octanol–water partition coefficient (Wildman–Crippen LogP) is -1.04. The summed E-state index contributed by atoms with van der Waals surface area (Å²) >= 11 is 0. The van der Waals surface area contributed by atoms with E-state index in [4.69, 9.17) is 8.22 Å². The van der Waals surface area contributed by atoms with E-state index in [1.165, 1.54) is 0 Å². The number of hydrogen-bond acceptors (Lipinski definition) is 3. The van der Waals surface area contributed by atoms with E-state index in [0.717, 1.165) is 0 Å². The third kappa shape index (κ3) is 0.915. The van der Waals surface area contributed by atoms with Crippen molar-refractivity contribution in [3.8, 4) is 0 Å². The molecular weight excluding hydrogens is 172 g/mol. The summed E-state index contributed by atoms with van der Waals surface area (Å²) in [5, 5.41) is 0. The fourth-order valence-corrected chi connectivity index (χ4v) is 0.968. The molecule has 0 aliphatic rings. The summed E-state index contributed by atoms with van der Waals surface area (Å²) in [5.74, 6) is 0. The van der Waals surface area contributed by atoms with Crippen LogP contribution in [0.5, 0.6) is 0 Å². The lowest BCUT2D eigenvalue weighted by molar-refractivity contribution is 0.783. The maximum absolute atomic E-state index is 12.0. The maximum Gasteiger partial charge on any atom is 0.329 e. The van der Waals surface area contributed by atoms with Gasteiger partial charge in [0.1, 0.15) is 1.37 Å². The molecule has 13 heavy (non-hydrogen) atoms. The smallest absolute Gasteiger partial charge is 0.328 e. The Kier molecular flexibility index (Phi) is 0.622. The van der Waals surface area contributed by atoms with Crippen LogP contribution < -0.4 is 11.2 Å². The van der Waals surface area contributed by atoms with Crippen molar-refractivity contribution in [2.75, 3.05) is 0 Å². The molecule has 2 heterocycles. The third-order valence-electron chi connectivity index (χ3n) is 1.57. The van der Waals surface area contributed by atoms with Gasteiger partial charge >= 0.3 is 5.69 Å². The minimum absolute atomic E-state index is 0.00463. The largest absolute Gasteiger partial charge is 0.329 e. The highest BCUT2D eigenvalue weighted by Gasteiger charge is 2.07. The number of aromatic nitrogens is 4. The number of rotatable bonds is 0. The lowest BCUT2D eigenvalue weighted by Crippen LogP contribution is -2.33. The van der Waals surface area contributed by atoms with E-state index < -0.39 is 37.0 Å². The van der Waals surface area contributed by atoms with Crippen LogP contribution in [0.1, 0.15) is 8.22 Å². The van der Waals surface area contributed by atoms with Gasteiger partial charge in [0, 0.05) is 20.8 Å². The van der Waals surface area contributed by atoms with Gasteiger partial charge in [0.05, 0.1) is 6.30 Å². The van der Waals surface area contributed by atoms with Crippen LogP contribution in [-0.4, -0.2) is 19.1 Å². The molecule has 0 aliphatic carbocycles. The van der Waals surface area contributed by atoms with Crippen molar-refractivity contribution in [3.05, 3.63) is 27.1 Å². The number of aromatic amines is 1. The molecule has 6 nitrogen and oxygen atoms in total. The lowest BCUT2D eigenvalue weighted by atomic mass is 10.5. The topological polar surface area (TPSA) is 72.7 Å². The van der Waals surface area contributed by atoms with Crippen LogP contribution in [0.3, 0.4) is 0 Å². The number of H-pyrrole nitrogens is 1. The number of imidazole rings is 1. The first-order chi connectivity index (χ1) is 8.64. The summed E-state index contributed by atoms with van der Waals surface area (Å²) in [4.78, 5) is 29.1. The summed E-state index contributed by atoms with van der Waals surface area (Å²) in [6, 6.07) is 0. The van der Waals surface area contributed by atoms with Gasteiger partial charge in [-0.2, -0.15) is 0 Å². The molecule has 0 fully saturated rings. The number of hydrogen-bond donors (Lipinski definition) is 1. The first-order valence-corrected chi connectivity index (χ1v) is 3.23. The van der Waals surface area contributed by atoms with E-state index in [1.54, 1.807) is 0 Å². The SMILES string of the molecule is [2H]c1nc2[nH]c(=O)n(C([2H])([2H])[2H])c(=O)c2n1C([2H])[2H]. The van der Waals surface area contributed by atoms with Gasteiger partial charge in [0.15, 0.2) is 11.2 Å². The average molecular weight is 186 g/mol. The molecule has 0 saturated heterocycles. The summed E-state index contributed by atoms with van der Waals surface area (Å²) in [7, 11) is 0. The monoisotopic (exact) mass is 186 g/mol. The van der Waals surface area contributed by atoms with Crippen molar-refractivity contribution in [1.29, 1.82) is 0 Å².